The molecule has 1 aliphatic carbocycles. The number of hydrogen-bond donors (Lipinski definition) is 1. The van der Waals surface area contributed by atoms with E-state index >= 15 is 0 Å². The van der Waals surface area contributed by atoms with Crippen molar-refractivity contribution in [2.24, 2.45) is 0 Å². The van der Waals surface area contributed by atoms with Crippen molar-refractivity contribution in [2.75, 3.05) is 0 Å². The molecule has 0 aromatic rings. The zero-order valence-corrected chi connectivity index (χ0v) is 6.95. The Morgan fingerprint density at radius 1 is 1.17 bits per heavy atom. The molecule has 0 aromatic carbocycles. The number of hydrogen-bond acceptors (Lipinski definition) is 3. The van der Waals surface area contributed by atoms with Crippen molar-refractivity contribution >= 4 is 0 Å². The van der Waals surface area contributed by atoms with Gasteiger partial charge in [0.1, 0.15) is 0 Å². The molecule has 0 saturated carbocycles. The van der Waals surface area contributed by atoms with E-state index in [0.717, 1.165) is 25.7 Å². The lowest BCUT2D eigenvalue weighted by molar-refractivity contribution is -0.431. The van der Waals surface area contributed by atoms with Gasteiger partial charge in [0.05, 0.1) is 4.92 Å². The van der Waals surface area contributed by atoms with Gasteiger partial charge in [0.25, 0.3) is 5.70 Å². The van der Waals surface area contributed by atoms with Gasteiger partial charge in [0.15, 0.2) is 5.76 Å². The third-order valence-corrected chi connectivity index (χ3v) is 2.13. The molecule has 1 rings (SSSR count). The average Bonchev–Trinajstić information content (AvgIpc) is 1.96. The first-order valence-corrected chi connectivity index (χ1v) is 4.27. The molecule has 4 heteroatoms. The van der Waals surface area contributed by atoms with E-state index in [4.69, 9.17) is 0 Å². The summed E-state index contributed by atoms with van der Waals surface area (Å²) in [6.45, 7) is 0. The van der Waals surface area contributed by atoms with Gasteiger partial charge in [0.2, 0.25) is 0 Å². The standard InChI is InChI=1S/C8H13NO3/c10-8-6-4-2-1-3-5-7(8)9(11)12/h10H,1-6H2/b8-7-. The van der Waals surface area contributed by atoms with Gasteiger partial charge in [-0.1, -0.05) is 12.8 Å². The van der Waals surface area contributed by atoms with Gasteiger partial charge in [-0.15, -0.1) is 0 Å². The van der Waals surface area contributed by atoms with Gasteiger partial charge in [-0.3, -0.25) is 10.1 Å². The van der Waals surface area contributed by atoms with Crippen molar-refractivity contribution in [1.29, 1.82) is 0 Å². The molecule has 0 spiro atoms. The first-order valence-electron chi connectivity index (χ1n) is 4.27. The number of allylic oxidation sites excluding steroid dienone is 2. The number of aliphatic hydroxyl groups excluding tert-OH is 1. The van der Waals surface area contributed by atoms with Gasteiger partial charge < -0.3 is 5.11 Å². The summed E-state index contributed by atoms with van der Waals surface area (Å²) in [5.74, 6) is -0.0142. The van der Waals surface area contributed by atoms with Crippen molar-refractivity contribution in [3.8, 4) is 0 Å². The summed E-state index contributed by atoms with van der Waals surface area (Å²) in [5.41, 5.74) is 0.0229. The lowest BCUT2D eigenvalue weighted by Crippen LogP contribution is -2.05. The van der Waals surface area contributed by atoms with Crippen molar-refractivity contribution in [1.82, 2.24) is 0 Å². The highest BCUT2D eigenvalue weighted by Gasteiger charge is 2.18. The fraction of sp³-hybridized carbons (Fsp3) is 0.750. The molecule has 1 aliphatic rings. The monoisotopic (exact) mass is 171 g/mol. The van der Waals surface area contributed by atoms with E-state index in [2.05, 4.69) is 0 Å². The van der Waals surface area contributed by atoms with Crippen LogP contribution in [-0.2, 0) is 0 Å². The number of rotatable bonds is 1. The smallest absolute Gasteiger partial charge is 0.283 e. The Bertz CT molecular complexity index is 210. The van der Waals surface area contributed by atoms with Gasteiger partial charge in [-0.05, 0) is 12.8 Å². The summed E-state index contributed by atoms with van der Waals surface area (Å²) >= 11 is 0. The quantitative estimate of drug-likeness (QED) is 0.486. The van der Waals surface area contributed by atoms with Crippen molar-refractivity contribution < 1.29 is 10.0 Å². The van der Waals surface area contributed by atoms with Gasteiger partial charge in [-0.25, -0.2) is 0 Å². The van der Waals surface area contributed by atoms with Gasteiger partial charge in [-0.2, -0.15) is 0 Å². The fourth-order valence-electron chi connectivity index (χ4n) is 1.42. The van der Waals surface area contributed by atoms with Crippen LogP contribution < -0.4 is 0 Å². The second-order valence-corrected chi connectivity index (χ2v) is 3.06. The van der Waals surface area contributed by atoms with Gasteiger partial charge >= 0.3 is 0 Å². The van der Waals surface area contributed by atoms with E-state index in [1.807, 2.05) is 0 Å². The molecule has 0 aromatic heterocycles. The minimum atomic E-state index is -0.458. The predicted molar refractivity (Wildman–Crippen MR) is 44.4 cm³/mol. The molecule has 0 aliphatic heterocycles. The molecule has 0 unspecified atom stereocenters. The van der Waals surface area contributed by atoms with Crippen LogP contribution in [0.25, 0.3) is 0 Å². The Morgan fingerprint density at radius 3 is 2.33 bits per heavy atom. The Morgan fingerprint density at radius 2 is 1.75 bits per heavy atom. The summed E-state index contributed by atoms with van der Waals surface area (Å²) in [6, 6.07) is 0. The Balaban J connectivity index is 2.73. The zero-order valence-electron chi connectivity index (χ0n) is 6.95. The third kappa shape index (κ3) is 2.22. The SMILES string of the molecule is O=[N+]([O-])/C1=C(\O)CCCCCC1. The maximum atomic E-state index is 10.4. The normalized spacial score (nSPS) is 26.0. The lowest BCUT2D eigenvalue weighted by Gasteiger charge is -2.07. The Hall–Kier alpha value is -1.06. The van der Waals surface area contributed by atoms with E-state index in [1.54, 1.807) is 0 Å². The minimum absolute atomic E-state index is 0.0142. The molecule has 4 nitrogen and oxygen atoms in total. The van der Waals surface area contributed by atoms with E-state index in [0.29, 0.717) is 12.8 Å². The zero-order chi connectivity index (χ0) is 8.97. The number of nitrogens with zero attached hydrogens (tertiary/aromatic N) is 1. The first-order chi connectivity index (χ1) is 5.72. The van der Waals surface area contributed by atoms with Crippen LogP contribution in [0.5, 0.6) is 0 Å². The van der Waals surface area contributed by atoms with Crippen molar-refractivity contribution in [2.45, 2.75) is 38.5 Å². The molecular weight excluding hydrogens is 158 g/mol. The summed E-state index contributed by atoms with van der Waals surface area (Å²) in [5, 5.41) is 19.7. The fourth-order valence-corrected chi connectivity index (χ4v) is 1.42. The maximum absolute atomic E-state index is 10.4. The van der Waals surface area contributed by atoms with Gasteiger partial charge in [0, 0.05) is 12.8 Å². The third-order valence-electron chi connectivity index (χ3n) is 2.13. The Labute approximate surface area is 71.0 Å². The van der Waals surface area contributed by atoms with Crippen LogP contribution in [0.2, 0.25) is 0 Å². The van der Waals surface area contributed by atoms with E-state index < -0.39 is 4.92 Å². The van der Waals surface area contributed by atoms with Crippen LogP contribution in [-0.4, -0.2) is 10.0 Å². The van der Waals surface area contributed by atoms with Crippen LogP contribution in [0, 0.1) is 10.1 Å². The summed E-state index contributed by atoms with van der Waals surface area (Å²) in [7, 11) is 0. The first kappa shape index (κ1) is 9.03. The molecular formula is C8H13NO3. The molecule has 0 amide bonds. The summed E-state index contributed by atoms with van der Waals surface area (Å²) in [4.78, 5) is 9.96. The van der Waals surface area contributed by atoms with Crippen molar-refractivity contribution in [3.05, 3.63) is 21.6 Å². The highest BCUT2D eigenvalue weighted by Crippen LogP contribution is 2.21. The highest BCUT2D eigenvalue weighted by molar-refractivity contribution is 4.99. The largest absolute Gasteiger partial charge is 0.506 e. The van der Waals surface area contributed by atoms with Crippen LogP contribution in [0.15, 0.2) is 11.5 Å². The second kappa shape index (κ2) is 4.09. The molecule has 0 atom stereocenters. The van der Waals surface area contributed by atoms with E-state index in [-0.39, 0.29) is 11.5 Å². The molecule has 68 valence electrons. The molecule has 12 heavy (non-hydrogen) atoms. The molecule has 0 saturated heterocycles. The minimum Gasteiger partial charge on any atom is -0.506 e. The molecule has 1 N–H and O–H groups in total. The second-order valence-electron chi connectivity index (χ2n) is 3.06. The highest BCUT2D eigenvalue weighted by atomic mass is 16.6. The summed E-state index contributed by atoms with van der Waals surface area (Å²) in [6.07, 6.45) is 4.67. The van der Waals surface area contributed by atoms with Crippen LogP contribution >= 0.6 is 0 Å². The van der Waals surface area contributed by atoms with E-state index in [1.165, 1.54) is 0 Å². The van der Waals surface area contributed by atoms with Crippen LogP contribution in [0.4, 0.5) is 0 Å². The number of nitro groups is 1. The maximum Gasteiger partial charge on any atom is 0.283 e. The molecule has 0 bridgehead atoms. The lowest BCUT2D eigenvalue weighted by atomic mass is 10.0. The molecule has 0 fully saturated rings. The number of aliphatic hydroxyl groups is 1. The van der Waals surface area contributed by atoms with Crippen molar-refractivity contribution in [3.63, 3.8) is 0 Å². The average molecular weight is 171 g/mol. The molecule has 0 heterocycles. The Kier molecular flexibility index (Phi) is 3.08. The van der Waals surface area contributed by atoms with Crippen LogP contribution in [0.1, 0.15) is 38.5 Å². The topological polar surface area (TPSA) is 63.4 Å². The predicted octanol–water partition coefficient (Wildman–Crippen LogP) is 2.39. The summed E-state index contributed by atoms with van der Waals surface area (Å²) < 4.78 is 0. The molecule has 0 radical (unpaired) electrons. The van der Waals surface area contributed by atoms with E-state index in [9.17, 15) is 15.2 Å². The van der Waals surface area contributed by atoms with Crippen LogP contribution in [0.3, 0.4) is 0 Å².